The number of thiazole rings is 1. The first-order valence-electron chi connectivity index (χ1n) is 18.2. The Bertz CT molecular complexity index is 2120. The highest BCUT2D eigenvalue weighted by atomic mass is 32.1. The SMILES string of the molecule is C=CC(=O)OCCCCOCC(COc1ccc(C(=O)OC2=CC=C(C#Cc3ccc(OC)cc3)CC2(C)CNNc2nc3ccccc3s2)cc1)OC(=O)C=C. The van der Waals surface area contributed by atoms with E-state index in [1.54, 1.807) is 37.5 Å². The van der Waals surface area contributed by atoms with Gasteiger partial charge in [0.05, 0.1) is 36.1 Å². The lowest BCUT2D eigenvalue weighted by atomic mass is 9.78. The summed E-state index contributed by atoms with van der Waals surface area (Å²) in [6.07, 6.45) is 6.87. The summed E-state index contributed by atoms with van der Waals surface area (Å²) < 4.78 is 34.2. The molecular weight excluding hydrogens is 747 g/mol. The highest BCUT2D eigenvalue weighted by molar-refractivity contribution is 7.22. The number of anilines is 1. The largest absolute Gasteiger partial charge is 0.497 e. The zero-order chi connectivity index (χ0) is 40.5. The second kappa shape index (κ2) is 21.2. The van der Waals surface area contributed by atoms with Crippen LogP contribution in [0, 0.1) is 17.3 Å². The van der Waals surface area contributed by atoms with Crippen LogP contribution in [0.3, 0.4) is 0 Å². The van der Waals surface area contributed by atoms with E-state index >= 15 is 0 Å². The lowest BCUT2D eigenvalue weighted by Gasteiger charge is -2.33. The number of carbonyl (C=O) groups excluding carboxylic acids is 3. The molecule has 1 heterocycles. The normalized spacial score (nSPS) is 15.1. The number of esters is 3. The molecular formula is C44H45N3O9S. The lowest BCUT2D eigenvalue weighted by molar-refractivity contribution is -0.148. The van der Waals surface area contributed by atoms with Gasteiger partial charge >= 0.3 is 17.9 Å². The maximum Gasteiger partial charge on any atom is 0.343 e. The number of unbranched alkanes of at least 4 members (excludes halogenated alkanes) is 1. The molecule has 296 valence electrons. The molecule has 0 spiro atoms. The molecule has 0 bridgehead atoms. The van der Waals surface area contributed by atoms with Crippen LogP contribution in [0.4, 0.5) is 5.13 Å². The van der Waals surface area contributed by atoms with Crippen LogP contribution in [0.2, 0.25) is 0 Å². The van der Waals surface area contributed by atoms with Gasteiger partial charge in [-0.2, -0.15) is 0 Å². The number of fused-ring (bicyclic) bond motifs is 1. The van der Waals surface area contributed by atoms with E-state index in [9.17, 15) is 14.4 Å². The van der Waals surface area contributed by atoms with Crippen molar-refractivity contribution in [1.29, 1.82) is 0 Å². The number of carbonyl (C=O) groups is 3. The molecule has 0 amide bonds. The van der Waals surface area contributed by atoms with E-state index in [0.717, 1.165) is 39.3 Å². The van der Waals surface area contributed by atoms with E-state index in [1.807, 2.05) is 61.5 Å². The van der Waals surface area contributed by atoms with E-state index in [2.05, 4.69) is 40.8 Å². The van der Waals surface area contributed by atoms with Crippen molar-refractivity contribution >= 4 is 44.6 Å². The molecule has 0 aliphatic heterocycles. The van der Waals surface area contributed by atoms with Gasteiger partial charge in [0.1, 0.15) is 23.9 Å². The number of hydrogen-bond acceptors (Lipinski definition) is 13. The van der Waals surface area contributed by atoms with Crippen molar-refractivity contribution in [2.75, 3.05) is 45.5 Å². The van der Waals surface area contributed by atoms with Gasteiger partial charge in [0.15, 0.2) is 11.2 Å². The number of para-hydroxylation sites is 1. The monoisotopic (exact) mass is 791 g/mol. The van der Waals surface area contributed by atoms with Crippen LogP contribution in [0.5, 0.6) is 11.5 Å². The molecule has 0 saturated heterocycles. The average molecular weight is 792 g/mol. The van der Waals surface area contributed by atoms with Gasteiger partial charge in [-0.3, -0.25) is 5.43 Å². The van der Waals surface area contributed by atoms with Gasteiger partial charge in [-0.15, -0.1) is 0 Å². The fraction of sp³-hybridized carbons (Fsp3) is 0.273. The predicted octanol–water partition coefficient (Wildman–Crippen LogP) is 7.35. The Kier molecular flexibility index (Phi) is 15.6. The number of nitrogens with one attached hydrogen (secondary N) is 2. The standard InChI is InChI=1S/C44H45N3O9S/c1-5-40(48)53-26-10-9-25-52-28-36(55-41(49)6-2)29-54-35-22-18-33(19-23-35)42(50)56-39-24-17-32(14-13-31-15-20-34(51-4)21-16-31)27-44(39,3)30-45-47-43-46-37-11-7-8-12-38(37)57-43/h5-8,11-12,15-24,36,45H,1-2,9-10,25-30H2,3-4H3,(H,46,47). The molecule has 12 nitrogen and oxygen atoms in total. The van der Waals surface area contributed by atoms with Crippen LogP contribution in [0.15, 0.2) is 122 Å². The topological polar surface area (TPSA) is 144 Å². The maximum atomic E-state index is 13.5. The Morgan fingerprint density at radius 3 is 2.39 bits per heavy atom. The minimum atomic E-state index is -0.716. The Morgan fingerprint density at radius 2 is 1.65 bits per heavy atom. The second-order valence-electron chi connectivity index (χ2n) is 13.0. The van der Waals surface area contributed by atoms with E-state index in [-0.39, 0.29) is 19.8 Å². The van der Waals surface area contributed by atoms with Crippen molar-refractivity contribution in [3.63, 3.8) is 0 Å². The number of methoxy groups -OCH3 is 1. The molecule has 2 N–H and O–H groups in total. The third-order valence-corrected chi connectivity index (χ3v) is 9.56. The van der Waals surface area contributed by atoms with E-state index in [4.69, 9.17) is 28.4 Å². The minimum Gasteiger partial charge on any atom is -0.497 e. The molecule has 0 fully saturated rings. The summed E-state index contributed by atoms with van der Waals surface area (Å²) in [6.45, 7) is 9.92. The van der Waals surface area contributed by atoms with E-state index in [0.29, 0.717) is 54.6 Å². The highest BCUT2D eigenvalue weighted by Gasteiger charge is 2.35. The summed E-state index contributed by atoms with van der Waals surface area (Å²) >= 11 is 1.53. The number of rotatable bonds is 20. The highest BCUT2D eigenvalue weighted by Crippen LogP contribution is 2.38. The smallest absolute Gasteiger partial charge is 0.343 e. The summed E-state index contributed by atoms with van der Waals surface area (Å²) in [5.74, 6) is 6.56. The summed E-state index contributed by atoms with van der Waals surface area (Å²) in [6, 6.07) is 21.9. The molecule has 1 aliphatic carbocycles. The number of hydrazine groups is 1. The zero-order valence-electron chi connectivity index (χ0n) is 31.9. The second-order valence-corrected chi connectivity index (χ2v) is 14.1. The Hall–Kier alpha value is -6.20. The number of aromatic nitrogens is 1. The number of nitrogens with zero attached hydrogens (tertiary/aromatic N) is 1. The van der Waals surface area contributed by atoms with Crippen molar-refractivity contribution in [1.82, 2.24) is 10.4 Å². The van der Waals surface area contributed by atoms with Crippen LogP contribution >= 0.6 is 11.3 Å². The van der Waals surface area contributed by atoms with Crippen LogP contribution in [-0.4, -0.2) is 69.1 Å². The first-order chi connectivity index (χ1) is 27.7. The first kappa shape index (κ1) is 42.0. The third-order valence-electron chi connectivity index (χ3n) is 8.61. The first-order valence-corrected chi connectivity index (χ1v) is 19.1. The number of allylic oxidation sites excluding steroid dienone is 3. The molecule has 2 atom stereocenters. The molecule has 3 aromatic carbocycles. The molecule has 2 unspecified atom stereocenters. The van der Waals surface area contributed by atoms with E-state index in [1.165, 1.54) is 11.3 Å². The van der Waals surface area contributed by atoms with Crippen LogP contribution in [-0.2, 0) is 28.5 Å². The van der Waals surface area contributed by atoms with Gasteiger partial charge in [0.2, 0.25) is 0 Å². The number of benzene rings is 3. The Labute approximate surface area is 336 Å². The van der Waals surface area contributed by atoms with Gasteiger partial charge in [0, 0.05) is 41.9 Å². The van der Waals surface area contributed by atoms with Gasteiger partial charge in [-0.1, -0.05) is 55.4 Å². The van der Waals surface area contributed by atoms with Crippen LogP contribution < -0.4 is 20.3 Å². The molecule has 4 aromatic rings. The zero-order valence-corrected chi connectivity index (χ0v) is 32.7. The fourth-order valence-electron chi connectivity index (χ4n) is 5.52. The molecule has 5 rings (SSSR count). The van der Waals surface area contributed by atoms with E-state index < -0.39 is 29.4 Å². The van der Waals surface area contributed by atoms with Gasteiger partial charge < -0.3 is 28.4 Å². The van der Waals surface area contributed by atoms with Gasteiger partial charge in [-0.05, 0) is 92.1 Å². The van der Waals surface area contributed by atoms with Crippen LogP contribution in [0.1, 0.15) is 42.1 Å². The van der Waals surface area contributed by atoms with Crippen molar-refractivity contribution < 1.29 is 42.8 Å². The fourth-order valence-corrected chi connectivity index (χ4v) is 6.36. The summed E-state index contributed by atoms with van der Waals surface area (Å²) in [5.41, 5.74) is 8.79. The third kappa shape index (κ3) is 12.9. The number of ether oxygens (including phenoxy) is 6. The van der Waals surface area contributed by atoms with Crippen LogP contribution in [0.25, 0.3) is 10.2 Å². The molecule has 57 heavy (non-hydrogen) atoms. The lowest BCUT2D eigenvalue weighted by Crippen LogP contribution is -2.39. The molecule has 1 aromatic heterocycles. The predicted molar refractivity (Wildman–Crippen MR) is 219 cm³/mol. The minimum absolute atomic E-state index is 0.000357. The molecule has 0 saturated carbocycles. The Balaban J connectivity index is 1.20. The molecule has 0 radical (unpaired) electrons. The maximum absolute atomic E-state index is 13.5. The van der Waals surface area contributed by atoms with Crippen molar-refractivity contribution in [3.05, 3.63) is 133 Å². The van der Waals surface area contributed by atoms with Gasteiger partial charge in [0.25, 0.3) is 0 Å². The quantitative estimate of drug-likeness (QED) is 0.0231. The van der Waals surface area contributed by atoms with Crippen molar-refractivity contribution in [2.24, 2.45) is 5.41 Å². The molecule has 13 heteroatoms. The Morgan fingerprint density at radius 1 is 0.912 bits per heavy atom. The average Bonchev–Trinajstić information content (AvgIpc) is 3.65. The number of hydrogen-bond donors (Lipinski definition) is 2. The van der Waals surface area contributed by atoms with Crippen molar-refractivity contribution in [2.45, 2.75) is 32.3 Å². The summed E-state index contributed by atoms with van der Waals surface area (Å²) in [4.78, 5) is 41.2. The summed E-state index contributed by atoms with van der Waals surface area (Å²) in [5, 5.41) is 0.717. The van der Waals surface area contributed by atoms with Gasteiger partial charge in [-0.25, -0.2) is 24.8 Å². The molecule has 1 aliphatic rings. The summed E-state index contributed by atoms with van der Waals surface area (Å²) in [7, 11) is 1.62. The van der Waals surface area contributed by atoms with Crippen molar-refractivity contribution in [3.8, 4) is 23.3 Å².